The van der Waals surface area contributed by atoms with Crippen molar-refractivity contribution in [2.75, 3.05) is 26.4 Å². The number of hydrogen-bond acceptors (Lipinski definition) is 3. The minimum atomic E-state index is 0.277. The highest BCUT2D eigenvalue weighted by Crippen LogP contribution is 2.10. The number of rotatable bonds is 9. The maximum absolute atomic E-state index is 5.58. The van der Waals surface area contributed by atoms with Crippen LogP contribution in [-0.4, -0.2) is 38.6 Å². The molecule has 0 spiro atoms. The molecule has 3 heteroatoms. The smallest absolute Gasteiger partial charge is 0.104 e. The third-order valence-electron chi connectivity index (χ3n) is 2.29. The molecule has 3 nitrogen and oxygen atoms in total. The van der Waals surface area contributed by atoms with Gasteiger partial charge in [0.05, 0.1) is 25.9 Å². The van der Waals surface area contributed by atoms with E-state index in [1.54, 1.807) is 0 Å². The van der Waals surface area contributed by atoms with Gasteiger partial charge in [0, 0.05) is 6.61 Å². The molecule has 0 aromatic rings. The molecule has 0 radical (unpaired) electrons. The average Bonchev–Trinajstić information content (AvgIpc) is 2.98. The molecule has 2 atom stereocenters. The molecular formula is C11H22O3. The van der Waals surface area contributed by atoms with Crippen LogP contribution in [0.3, 0.4) is 0 Å². The molecule has 0 aromatic carbocycles. The fraction of sp³-hybridized carbons (Fsp3) is 1.00. The van der Waals surface area contributed by atoms with E-state index in [-0.39, 0.29) is 6.10 Å². The second-order valence-corrected chi connectivity index (χ2v) is 3.71. The van der Waals surface area contributed by atoms with Gasteiger partial charge in [-0.15, -0.1) is 0 Å². The third kappa shape index (κ3) is 5.58. The summed E-state index contributed by atoms with van der Waals surface area (Å²) in [7, 11) is 0. The van der Waals surface area contributed by atoms with Crippen LogP contribution in [0, 0.1) is 0 Å². The summed E-state index contributed by atoms with van der Waals surface area (Å²) in [5.41, 5.74) is 0. The molecule has 0 saturated carbocycles. The van der Waals surface area contributed by atoms with Crippen LogP contribution < -0.4 is 0 Å². The Morgan fingerprint density at radius 2 is 2.21 bits per heavy atom. The lowest BCUT2D eigenvalue weighted by molar-refractivity contribution is -0.0194. The first kappa shape index (κ1) is 12.0. The zero-order valence-corrected chi connectivity index (χ0v) is 9.33. The van der Waals surface area contributed by atoms with Gasteiger partial charge in [0.25, 0.3) is 0 Å². The Bertz CT molecular complexity index is 134. The van der Waals surface area contributed by atoms with Crippen LogP contribution in [0.4, 0.5) is 0 Å². The van der Waals surface area contributed by atoms with Crippen LogP contribution in [0.5, 0.6) is 0 Å². The van der Waals surface area contributed by atoms with Gasteiger partial charge in [-0.05, 0) is 13.3 Å². The predicted octanol–water partition coefficient (Wildman–Crippen LogP) is 2.00. The molecule has 2 unspecified atom stereocenters. The molecular weight excluding hydrogens is 180 g/mol. The molecule has 1 saturated heterocycles. The highest BCUT2D eigenvalue weighted by molar-refractivity contribution is 4.68. The van der Waals surface area contributed by atoms with Crippen molar-refractivity contribution >= 4 is 0 Å². The Morgan fingerprint density at radius 3 is 2.79 bits per heavy atom. The third-order valence-corrected chi connectivity index (χ3v) is 2.29. The number of ether oxygens (including phenoxy) is 3. The van der Waals surface area contributed by atoms with Crippen molar-refractivity contribution in [1.82, 2.24) is 0 Å². The quantitative estimate of drug-likeness (QED) is 0.536. The molecule has 0 aromatic heterocycles. The van der Waals surface area contributed by atoms with Crippen molar-refractivity contribution in [2.24, 2.45) is 0 Å². The van der Waals surface area contributed by atoms with Crippen molar-refractivity contribution in [3.63, 3.8) is 0 Å². The lowest BCUT2D eigenvalue weighted by Gasteiger charge is -2.16. The minimum Gasteiger partial charge on any atom is -0.376 e. The SMILES string of the molecule is CCCCC(COCC1CO1)OCC. The molecule has 1 rings (SSSR count). The van der Waals surface area contributed by atoms with Crippen molar-refractivity contribution in [1.29, 1.82) is 0 Å². The van der Waals surface area contributed by atoms with Crippen LogP contribution in [0.15, 0.2) is 0 Å². The Kier molecular flexibility index (Phi) is 6.15. The number of unbranched alkanes of at least 4 members (excludes halogenated alkanes) is 1. The van der Waals surface area contributed by atoms with Crippen molar-refractivity contribution < 1.29 is 14.2 Å². The zero-order chi connectivity index (χ0) is 10.2. The van der Waals surface area contributed by atoms with E-state index in [2.05, 4.69) is 6.92 Å². The first-order valence-corrected chi connectivity index (χ1v) is 5.67. The average molecular weight is 202 g/mol. The van der Waals surface area contributed by atoms with Crippen molar-refractivity contribution in [3.8, 4) is 0 Å². The Hall–Kier alpha value is -0.120. The first-order valence-electron chi connectivity index (χ1n) is 5.67. The summed E-state index contributed by atoms with van der Waals surface area (Å²) in [6.45, 7) is 7.32. The van der Waals surface area contributed by atoms with Gasteiger partial charge in [-0.1, -0.05) is 19.8 Å². The molecule has 1 aliphatic heterocycles. The molecule has 1 aliphatic rings. The molecule has 0 amide bonds. The minimum absolute atomic E-state index is 0.277. The van der Waals surface area contributed by atoms with Gasteiger partial charge in [0.2, 0.25) is 0 Å². The maximum atomic E-state index is 5.58. The first-order chi connectivity index (χ1) is 6.86. The van der Waals surface area contributed by atoms with Gasteiger partial charge >= 0.3 is 0 Å². The second-order valence-electron chi connectivity index (χ2n) is 3.71. The topological polar surface area (TPSA) is 31.0 Å². The Balaban J connectivity index is 1.99. The fourth-order valence-corrected chi connectivity index (χ4v) is 1.38. The number of hydrogen-bond donors (Lipinski definition) is 0. The summed E-state index contributed by atoms with van der Waals surface area (Å²) >= 11 is 0. The summed E-state index contributed by atoms with van der Waals surface area (Å²) in [4.78, 5) is 0. The molecule has 1 fully saturated rings. The summed E-state index contributed by atoms with van der Waals surface area (Å²) in [5.74, 6) is 0. The Morgan fingerprint density at radius 1 is 1.43 bits per heavy atom. The Labute approximate surface area is 86.7 Å². The maximum Gasteiger partial charge on any atom is 0.104 e. The van der Waals surface area contributed by atoms with E-state index in [1.807, 2.05) is 6.92 Å². The van der Waals surface area contributed by atoms with Crippen LogP contribution in [0.25, 0.3) is 0 Å². The summed E-state index contributed by atoms with van der Waals surface area (Å²) in [6.07, 6.45) is 4.18. The van der Waals surface area contributed by atoms with Crippen LogP contribution >= 0.6 is 0 Å². The van der Waals surface area contributed by atoms with E-state index in [4.69, 9.17) is 14.2 Å². The molecule has 14 heavy (non-hydrogen) atoms. The van der Waals surface area contributed by atoms with E-state index in [0.717, 1.165) is 26.2 Å². The van der Waals surface area contributed by atoms with E-state index in [9.17, 15) is 0 Å². The van der Waals surface area contributed by atoms with Gasteiger partial charge in [-0.25, -0.2) is 0 Å². The monoisotopic (exact) mass is 202 g/mol. The molecule has 0 N–H and O–H groups in total. The van der Waals surface area contributed by atoms with Gasteiger partial charge < -0.3 is 14.2 Å². The van der Waals surface area contributed by atoms with Crippen LogP contribution in [0.1, 0.15) is 33.1 Å². The van der Waals surface area contributed by atoms with E-state index in [1.165, 1.54) is 12.8 Å². The highest BCUT2D eigenvalue weighted by atomic mass is 16.6. The lowest BCUT2D eigenvalue weighted by Crippen LogP contribution is -2.21. The fourth-order valence-electron chi connectivity index (χ4n) is 1.38. The summed E-state index contributed by atoms with van der Waals surface area (Å²) in [6, 6.07) is 0. The predicted molar refractivity (Wildman–Crippen MR) is 55.5 cm³/mol. The van der Waals surface area contributed by atoms with Gasteiger partial charge in [0.1, 0.15) is 6.10 Å². The van der Waals surface area contributed by atoms with Crippen molar-refractivity contribution in [3.05, 3.63) is 0 Å². The molecule has 1 heterocycles. The molecule has 0 bridgehead atoms. The molecule has 0 aliphatic carbocycles. The van der Waals surface area contributed by atoms with Crippen LogP contribution in [-0.2, 0) is 14.2 Å². The zero-order valence-electron chi connectivity index (χ0n) is 9.33. The number of epoxide rings is 1. The lowest BCUT2D eigenvalue weighted by atomic mass is 10.2. The highest BCUT2D eigenvalue weighted by Gasteiger charge is 2.22. The summed E-state index contributed by atoms with van der Waals surface area (Å²) < 4.78 is 16.2. The van der Waals surface area contributed by atoms with E-state index >= 15 is 0 Å². The van der Waals surface area contributed by atoms with Crippen molar-refractivity contribution in [2.45, 2.75) is 45.3 Å². The van der Waals surface area contributed by atoms with Crippen LogP contribution in [0.2, 0.25) is 0 Å². The van der Waals surface area contributed by atoms with E-state index in [0.29, 0.717) is 12.7 Å². The standard InChI is InChI=1S/C11H22O3/c1-3-5-6-10(13-4-2)7-12-8-11-9-14-11/h10-11H,3-9H2,1-2H3. The van der Waals surface area contributed by atoms with Gasteiger partial charge in [-0.3, -0.25) is 0 Å². The van der Waals surface area contributed by atoms with Gasteiger partial charge in [0.15, 0.2) is 0 Å². The van der Waals surface area contributed by atoms with Gasteiger partial charge in [-0.2, -0.15) is 0 Å². The summed E-state index contributed by atoms with van der Waals surface area (Å²) in [5, 5.41) is 0. The largest absolute Gasteiger partial charge is 0.376 e. The second kappa shape index (κ2) is 7.21. The van der Waals surface area contributed by atoms with E-state index < -0.39 is 0 Å². The normalized spacial score (nSPS) is 22.3. The molecule has 84 valence electrons.